The number of nitrogens with zero attached hydrogens (tertiary/aromatic N) is 1. The number of hydrogen-bond acceptors (Lipinski definition) is 3. The second-order valence-corrected chi connectivity index (χ2v) is 6.30. The first kappa shape index (κ1) is 10.9. The minimum atomic E-state index is -3.07. The van der Waals surface area contributed by atoms with Gasteiger partial charge in [0.2, 0.25) is 10.0 Å². The zero-order chi connectivity index (χ0) is 10.3. The van der Waals surface area contributed by atoms with Gasteiger partial charge < -0.3 is 5.32 Å². The molecule has 4 nitrogen and oxygen atoms in total. The van der Waals surface area contributed by atoms with Gasteiger partial charge in [-0.1, -0.05) is 0 Å². The maximum atomic E-state index is 11.4. The molecule has 13 heavy (non-hydrogen) atoms. The van der Waals surface area contributed by atoms with E-state index in [4.69, 9.17) is 0 Å². The molecule has 78 valence electrons. The van der Waals surface area contributed by atoms with E-state index in [0.29, 0.717) is 13.1 Å². The fourth-order valence-corrected chi connectivity index (χ4v) is 3.11. The van der Waals surface area contributed by atoms with Crippen molar-refractivity contribution in [2.75, 3.05) is 19.3 Å². The number of hydrogen-bond donors (Lipinski definition) is 1. The molecule has 1 aliphatic heterocycles. The van der Waals surface area contributed by atoms with E-state index in [0.717, 1.165) is 0 Å². The van der Waals surface area contributed by atoms with Gasteiger partial charge in [-0.2, -0.15) is 4.31 Å². The van der Waals surface area contributed by atoms with Crippen LogP contribution < -0.4 is 5.32 Å². The van der Waals surface area contributed by atoms with Crippen LogP contribution in [0.1, 0.15) is 20.8 Å². The van der Waals surface area contributed by atoms with Gasteiger partial charge in [-0.15, -0.1) is 0 Å². The Morgan fingerprint density at radius 1 is 1.46 bits per heavy atom. The molecule has 0 bridgehead atoms. The third-order valence-electron chi connectivity index (χ3n) is 2.40. The summed E-state index contributed by atoms with van der Waals surface area (Å²) in [6.07, 6.45) is 1.27. The van der Waals surface area contributed by atoms with E-state index >= 15 is 0 Å². The zero-order valence-electron chi connectivity index (χ0n) is 8.66. The Hall–Kier alpha value is -0.130. The average Bonchev–Trinajstić information content (AvgIpc) is 1.92. The summed E-state index contributed by atoms with van der Waals surface area (Å²) in [7, 11) is -3.07. The van der Waals surface area contributed by atoms with Gasteiger partial charge in [0.15, 0.2) is 0 Å². The van der Waals surface area contributed by atoms with Crippen molar-refractivity contribution in [3.05, 3.63) is 0 Å². The van der Waals surface area contributed by atoms with Gasteiger partial charge >= 0.3 is 0 Å². The molecule has 1 N–H and O–H groups in total. The predicted molar refractivity (Wildman–Crippen MR) is 53.1 cm³/mol. The SMILES string of the molecule is CC1CN(S(C)(=O)=O)C(C)(C)CN1. The summed E-state index contributed by atoms with van der Waals surface area (Å²) in [6, 6.07) is 0.239. The van der Waals surface area contributed by atoms with E-state index < -0.39 is 10.0 Å². The lowest BCUT2D eigenvalue weighted by molar-refractivity contribution is 0.159. The summed E-state index contributed by atoms with van der Waals surface area (Å²) in [4.78, 5) is 0. The Morgan fingerprint density at radius 2 is 2.00 bits per heavy atom. The highest BCUT2D eigenvalue weighted by Gasteiger charge is 2.37. The second-order valence-electron chi connectivity index (χ2n) is 4.39. The van der Waals surface area contributed by atoms with Crippen molar-refractivity contribution < 1.29 is 8.42 Å². The highest BCUT2D eigenvalue weighted by atomic mass is 32.2. The van der Waals surface area contributed by atoms with E-state index in [1.807, 2.05) is 20.8 Å². The van der Waals surface area contributed by atoms with Crippen molar-refractivity contribution in [3.8, 4) is 0 Å². The fraction of sp³-hybridized carbons (Fsp3) is 1.00. The molecular formula is C8H18N2O2S. The number of rotatable bonds is 1. The minimum absolute atomic E-state index is 0.239. The van der Waals surface area contributed by atoms with Gasteiger partial charge in [-0.05, 0) is 20.8 Å². The summed E-state index contributed by atoms with van der Waals surface area (Å²) in [5.41, 5.74) is -0.305. The normalized spacial score (nSPS) is 30.3. The lowest BCUT2D eigenvalue weighted by Gasteiger charge is -2.43. The molecule has 1 heterocycles. The van der Waals surface area contributed by atoms with Crippen LogP contribution in [0.15, 0.2) is 0 Å². The number of piperazine rings is 1. The smallest absolute Gasteiger partial charge is 0.211 e. The van der Waals surface area contributed by atoms with Crippen LogP contribution in [0.4, 0.5) is 0 Å². The Balaban J connectivity index is 2.91. The van der Waals surface area contributed by atoms with Crippen molar-refractivity contribution in [1.82, 2.24) is 9.62 Å². The molecule has 0 aromatic heterocycles. The van der Waals surface area contributed by atoms with Gasteiger partial charge in [0.25, 0.3) is 0 Å². The van der Waals surface area contributed by atoms with E-state index in [-0.39, 0.29) is 11.6 Å². The average molecular weight is 206 g/mol. The van der Waals surface area contributed by atoms with Crippen LogP contribution in [-0.4, -0.2) is 43.6 Å². The third kappa shape index (κ3) is 2.42. The molecule has 0 aromatic rings. The van der Waals surface area contributed by atoms with E-state index in [1.54, 1.807) is 4.31 Å². The Labute approximate surface area is 80.4 Å². The molecule has 0 aromatic carbocycles. The minimum Gasteiger partial charge on any atom is -0.311 e. The Morgan fingerprint density at radius 3 is 2.38 bits per heavy atom. The highest BCUT2D eigenvalue weighted by molar-refractivity contribution is 7.88. The standard InChI is InChI=1S/C8H18N2O2S/c1-7-5-10(13(4,11)12)8(2,3)6-9-7/h7,9H,5-6H2,1-4H3. The van der Waals surface area contributed by atoms with Crippen molar-refractivity contribution in [1.29, 1.82) is 0 Å². The maximum absolute atomic E-state index is 11.4. The van der Waals surface area contributed by atoms with Gasteiger partial charge in [-0.3, -0.25) is 0 Å². The van der Waals surface area contributed by atoms with Crippen LogP contribution in [0.25, 0.3) is 0 Å². The number of sulfonamides is 1. The first-order valence-corrected chi connectivity index (χ1v) is 6.29. The predicted octanol–water partition coefficient (Wildman–Crippen LogP) is 0.0183. The first-order valence-electron chi connectivity index (χ1n) is 4.45. The van der Waals surface area contributed by atoms with Gasteiger partial charge in [0.05, 0.1) is 6.26 Å². The van der Waals surface area contributed by atoms with Gasteiger partial charge in [0, 0.05) is 24.7 Å². The van der Waals surface area contributed by atoms with Crippen LogP contribution >= 0.6 is 0 Å². The molecule has 1 aliphatic rings. The largest absolute Gasteiger partial charge is 0.311 e. The summed E-state index contributed by atoms with van der Waals surface area (Å²) in [6.45, 7) is 7.14. The van der Waals surface area contributed by atoms with Crippen LogP contribution in [0.2, 0.25) is 0 Å². The Kier molecular flexibility index (Phi) is 2.71. The highest BCUT2D eigenvalue weighted by Crippen LogP contribution is 2.21. The summed E-state index contributed by atoms with van der Waals surface area (Å²) < 4.78 is 24.5. The van der Waals surface area contributed by atoms with Crippen molar-refractivity contribution >= 4 is 10.0 Å². The fourth-order valence-electron chi connectivity index (χ4n) is 1.66. The maximum Gasteiger partial charge on any atom is 0.211 e. The quantitative estimate of drug-likeness (QED) is 0.658. The van der Waals surface area contributed by atoms with Crippen LogP contribution in [0.5, 0.6) is 0 Å². The van der Waals surface area contributed by atoms with Crippen LogP contribution in [-0.2, 0) is 10.0 Å². The van der Waals surface area contributed by atoms with Crippen molar-refractivity contribution in [2.24, 2.45) is 0 Å². The topological polar surface area (TPSA) is 49.4 Å². The Bertz CT molecular complexity index is 285. The molecular weight excluding hydrogens is 188 g/mol. The molecule has 0 radical (unpaired) electrons. The molecule has 0 spiro atoms. The molecule has 0 amide bonds. The molecule has 5 heteroatoms. The lowest BCUT2D eigenvalue weighted by atomic mass is 10.0. The van der Waals surface area contributed by atoms with Crippen LogP contribution in [0.3, 0.4) is 0 Å². The molecule has 1 unspecified atom stereocenters. The molecule has 1 saturated heterocycles. The molecule has 1 rings (SSSR count). The summed E-state index contributed by atoms with van der Waals surface area (Å²) >= 11 is 0. The molecule has 0 aliphatic carbocycles. The van der Waals surface area contributed by atoms with Crippen molar-refractivity contribution in [2.45, 2.75) is 32.4 Å². The van der Waals surface area contributed by atoms with E-state index in [9.17, 15) is 8.42 Å². The number of nitrogens with one attached hydrogen (secondary N) is 1. The zero-order valence-corrected chi connectivity index (χ0v) is 9.48. The summed E-state index contributed by atoms with van der Waals surface area (Å²) in [5.74, 6) is 0. The molecule has 1 fully saturated rings. The second kappa shape index (κ2) is 3.22. The van der Waals surface area contributed by atoms with E-state index in [1.165, 1.54) is 6.26 Å². The first-order chi connectivity index (χ1) is 5.73. The van der Waals surface area contributed by atoms with Gasteiger partial charge in [-0.25, -0.2) is 8.42 Å². The molecule has 1 atom stereocenters. The van der Waals surface area contributed by atoms with Gasteiger partial charge in [0.1, 0.15) is 0 Å². The molecule has 0 saturated carbocycles. The van der Waals surface area contributed by atoms with E-state index in [2.05, 4.69) is 5.32 Å². The van der Waals surface area contributed by atoms with Crippen molar-refractivity contribution in [3.63, 3.8) is 0 Å². The monoisotopic (exact) mass is 206 g/mol. The third-order valence-corrected chi connectivity index (χ3v) is 3.84. The van der Waals surface area contributed by atoms with Crippen LogP contribution in [0, 0.1) is 0 Å². The summed E-state index contributed by atoms with van der Waals surface area (Å²) in [5, 5.41) is 3.27. The lowest BCUT2D eigenvalue weighted by Crippen LogP contribution is -2.62.